The Hall–Kier alpha value is -0.0800. The van der Waals surface area contributed by atoms with Gasteiger partial charge >= 0.3 is 0 Å². The van der Waals surface area contributed by atoms with Crippen LogP contribution in [0.25, 0.3) is 0 Å². The zero-order valence-electron chi connectivity index (χ0n) is 9.26. The Labute approximate surface area is 87.1 Å². The molecule has 14 heavy (non-hydrogen) atoms. The quantitative estimate of drug-likeness (QED) is 0.674. The van der Waals surface area contributed by atoms with Crippen molar-refractivity contribution in [2.45, 2.75) is 63.5 Å². The number of nitrogens with one attached hydrogen (secondary N) is 1. The first-order valence-corrected chi connectivity index (χ1v) is 6.13. The predicted molar refractivity (Wildman–Crippen MR) is 58.2 cm³/mol. The van der Waals surface area contributed by atoms with E-state index in [1.165, 1.54) is 32.1 Å². The average Bonchev–Trinajstić information content (AvgIpc) is 2.18. The topological polar surface area (TPSA) is 32.3 Å². The highest BCUT2D eigenvalue weighted by Crippen LogP contribution is 2.32. The predicted octanol–water partition coefficient (Wildman–Crippen LogP) is 2.07. The molecule has 1 heterocycles. The maximum Gasteiger partial charge on any atom is 0.0646 e. The first-order chi connectivity index (χ1) is 6.67. The fourth-order valence-electron chi connectivity index (χ4n) is 3.04. The molecule has 2 rings (SSSR count). The molecular weight excluding hydrogens is 174 g/mol. The van der Waals surface area contributed by atoms with E-state index in [0.717, 1.165) is 25.3 Å². The van der Waals surface area contributed by atoms with Crippen molar-refractivity contribution in [3.8, 4) is 0 Å². The van der Waals surface area contributed by atoms with Gasteiger partial charge in [0.2, 0.25) is 0 Å². The van der Waals surface area contributed by atoms with Crippen molar-refractivity contribution >= 4 is 0 Å². The number of piperidine rings is 1. The molecule has 2 N–H and O–H groups in total. The molecule has 0 aromatic rings. The standard InChI is InChI=1S/C12H23NO/c1-12(14)7-8-13-11(9-12)10-5-3-2-4-6-10/h10-11,13-14H,2-9H2,1H3. The van der Waals surface area contributed by atoms with Gasteiger partial charge in [-0.15, -0.1) is 0 Å². The fourth-order valence-corrected chi connectivity index (χ4v) is 3.04. The zero-order valence-corrected chi connectivity index (χ0v) is 9.26. The van der Waals surface area contributed by atoms with Crippen molar-refractivity contribution < 1.29 is 5.11 Å². The Bertz CT molecular complexity index is 185. The lowest BCUT2D eigenvalue weighted by molar-refractivity contribution is 0.000683. The van der Waals surface area contributed by atoms with Gasteiger partial charge in [0.05, 0.1) is 5.60 Å². The molecule has 1 aliphatic carbocycles. The summed E-state index contributed by atoms with van der Waals surface area (Å²) in [4.78, 5) is 0. The van der Waals surface area contributed by atoms with Crippen LogP contribution in [0.1, 0.15) is 51.9 Å². The lowest BCUT2D eigenvalue weighted by atomic mass is 9.77. The smallest absolute Gasteiger partial charge is 0.0646 e. The molecule has 1 aliphatic heterocycles. The van der Waals surface area contributed by atoms with Gasteiger partial charge < -0.3 is 10.4 Å². The van der Waals surface area contributed by atoms with E-state index in [2.05, 4.69) is 5.32 Å². The SMILES string of the molecule is CC1(O)CCNC(C2CCCCC2)C1. The first-order valence-electron chi connectivity index (χ1n) is 6.13. The van der Waals surface area contributed by atoms with Crippen LogP contribution < -0.4 is 5.32 Å². The number of aliphatic hydroxyl groups is 1. The summed E-state index contributed by atoms with van der Waals surface area (Å²) in [6, 6.07) is 0.582. The molecule has 2 heteroatoms. The lowest BCUT2D eigenvalue weighted by Crippen LogP contribution is -2.50. The molecule has 1 saturated heterocycles. The van der Waals surface area contributed by atoms with E-state index in [0.29, 0.717) is 6.04 Å². The second-order valence-electron chi connectivity index (χ2n) is 5.41. The van der Waals surface area contributed by atoms with Crippen LogP contribution >= 0.6 is 0 Å². The molecule has 0 radical (unpaired) electrons. The molecule has 82 valence electrons. The number of hydrogen-bond acceptors (Lipinski definition) is 2. The fraction of sp³-hybridized carbons (Fsp3) is 1.00. The Morgan fingerprint density at radius 1 is 1.21 bits per heavy atom. The van der Waals surface area contributed by atoms with Crippen molar-refractivity contribution in [3.63, 3.8) is 0 Å². The van der Waals surface area contributed by atoms with E-state index < -0.39 is 5.60 Å². The minimum atomic E-state index is -0.409. The van der Waals surface area contributed by atoms with Crippen LogP contribution in [0.3, 0.4) is 0 Å². The van der Waals surface area contributed by atoms with Gasteiger partial charge in [0.15, 0.2) is 0 Å². The largest absolute Gasteiger partial charge is 0.390 e. The first kappa shape index (κ1) is 10.4. The maximum atomic E-state index is 10.0. The lowest BCUT2D eigenvalue weighted by Gasteiger charge is -2.40. The monoisotopic (exact) mass is 197 g/mol. The summed E-state index contributed by atoms with van der Waals surface area (Å²) >= 11 is 0. The number of rotatable bonds is 1. The normalized spacial score (nSPS) is 41.1. The van der Waals surface area contributed by atoms with Gasteiger partial charge in [-0.05, 0) is 45.1 Å². The molecule has 2 unspecified atom stereocenters. The molecule has 2 fully saturated rings. The van der Waals surface area contributed by atoms with Crippen LogP contribution in [0, 0.1) is 5.92 Å². The summed E-state index contributed by atoms with van der Waals surface area (Å²) in [6.07, 6.45) is 8.81. The maximum absolute atomic E-state index is 10.0. The third-order valence-electron chi connectivity index (χ3n) is 3.95. The van der Waals surface area contributed by atoms with Gasteiger partial charge in [-0.2, -0.15) is 0 Å². The van der Waals surface area contributed by atoms with E-state index in [9.17, 15) is 5.11 Å². The van der Waals surface area contributed by atoms with Gasteiger partial charge in [-0.3, -0.25) is 0 Å². The average molecular weight is 197 g/mol. The van der Waals surface area contributed by atoms with E-state index in [1.54, 1.807) is 0 Å². The van der Waals surface area contributed by atoms with Crippen molar-refractivity contribution in [3.05, 3.63) is 0 Å². The van der Waals surface area contributed by atoms with Crippen LogP contribution in [-0.4, -0.2) is 23.3 Å². The second kappa shape index (κ2) is 4.19. The molecular formula is C12H23NO. The minimum Gasteiger partial charge on any atom is -0.390 e. The van der Waals surface area contributed by atoms with Crippen molar-refractivity contribution in [2.24, 2.45) is 5.92 Å². The number of hydrogen-bond donors (Lipinski definition) is 2. The van der Waals surface area contributed by atoms with Crippen molar-refractivity contribution in [2.75, 3.05) is 6.54 Å². The summed E-state index contributed by atoms with van der Waals surface area (Å²) in [5.41, 5.74) is -0.409. The van der Waals surface area contributed by atoms with Crippen molar-refractivity contribution in [1.29, 1.82) is 0 Å². The Morgan fingerprint density at radius 2 is 1.93 bits per heavy atom. The van der Waals surface area contributed by atoms with Gasteiger partial charge in [-0.1, -0.05) is 19.3 Å². The van der Waals surface area contributed by atoms with Gasteiger partial charge in [0, 0.05) is 6.04 Å². The van der Waals surface area contributed by atoms with E-state index >= 15 is 0 Å². The molecule has 0 spiro atoms. The summed E-state index contributed by atoms with van der Waals surface area (Å²) in [5.74, 6) is 0.829. The summed E-state index contributed by atoms with van der Waals surface area (Å²) in [6.45, 7) is 2.98. The van der Waals surface area contributed by atoms with Crippen LogP contribution in [0.15, 0.2) is 0 Å². The third-order valence-corrected chi connectivity index (χ3v) is 3.95. The Morgan fingerprint density at radius 3 is 2.57 bits per heavy atom. The molecule has 2 atom stereocenters. The van der Waals surface area contributed by atoms with Crippen LogP contribution in [-0.2, 0) is 0 Å². The highest BCUT2D eigenvalue weighted by Gasteiger charge is 2.34. The Balaban J connectivity index is 1.89. The highest BCUT2D eigenvalue weighted by atomic mass is 16.3. The Kier molecular flexibility index (Phi) is 3.13. The molecule has 0 aromatic carbocycles. The minimum absolute atomic E-state index is 0.409. The van der Waals surface area contributed by atoms with Gasteiger partial charge in [0.1, 0.15) is 0 Å². The van der Waals surface area contributed by atoms with Crippen molar-refractivity contribution in [1.82, 2.24) is 5.32 Å². The summed E-state index contributed by atoms with van der Waals surface area (Å²) < 4.78 is 0. The molecule has 0 amide bonds. The molecule has 1 saturated carbocycles. The second-order valence-corrected chi connectivity index (χ2v) is 5.41. The highest BCUT2D eigenvalue weighted by molar-refractivity contribution is 4.90. The molecule has 0 bridgehead atoms. The summed E-state index contributed by atoms with van der Waals surface area (Å²) in [7, 11) is 0. The zero-order chi connectivity index (χ0) is 10.0. The van der Waals surface area contributed by atoms with E-state index in [-0.39, 0.29) is 0 Å². The van der Waals surface area contributed by atoms with Gasteiger partial charge in [0.25, 0.3) is 0 Å². The molecule has 2 nitrogen and oxygen atoms in total. The van der Waals surface area contributed by atoms with Crippen LogP contribution in [0.5, 0.6) is 0 Å². The summed E-state index contributed by atoms with van der Waals surface area (Å²) in [5, 5.41) is 13.6. The van der Waals surface area contributed by atoms with Gasteiger partial charge in [-0.25, -0.2) is 0 Å². The molecule has 2 aliphatic rings. The third kappa shape index (κ3) is 2.48. The molecule has 0 aromatic heterocycles. The van der Waals surface area contributed by atoms with Crippen LogP contribution in [0.4, 0.5) is 0 Å². The van der Waals surface area contributed by atoms with E-state index in [1.807, 2.05) is 6.92 Å². The van der Waals surface area contributed by atoms with E-state index in [4.69, 9.17) is 0 Å². The van der Waals surface area contributed by atoms with Crippen LogP contribution in [0.2, 0.25) is 0 Å².